The third-order valence-corrected chi connectivity index (χ3v) is 4.54. The number of aromatic nitrogens is 1. The molecule has 126 valence electrons. The Labute approximate surface area is 138 Å². The summed E-state index contributed by atoms with van der Waals surface area (Å²) in [5.41, 5.74) is 0.671. The number of hydrogen-bond donors (Lipinski definition) is 0. The van der Waals surface area contributed by atoms with E-state index in [0.29, 0.717) is 30.0 Å². The number of rotatable bonds is 5. The molecule has 0 saturated carbocycles. The molecule has 2 aliphatic rings. The van der Waals surface area contributed by atoms with Crippen molar-refractivity contribution in [3.63, 3.8) is 0 Å². The SMILES string of the molecule is CC(C)C[C@@H]1CCCN1C(=O)c1ccnc(O[C@@H]2CCOC2)c1. The number of ether oxygens (including phenoxy) is 2. The molecule has 0 aliphatic carbocycles. The molecule has 0 aromatic carbocycles. The summed E-state index contributed by atoms with van der Waals surface area (Å²) in [6.45, 7) is 6.60. The van der Waals surface area contributed by atoms with E-state index in [2.05, 4.69) is 18.8 Å². The van der Waals surface area contributed by atoms with Gasteiger partial charge in [0.15, 0.2) is 0 Å². The van der Waals surface area contributed by atoms with Crippen molar-refractivity contribution in [3.05, 3.63) is 23.9 Å². The lowest BCUT2D eigenvalue weighted by Gasteiger charge is -2.26. The van der Waals surface area contributed by atoms with Crippen molar-refractivity contribution in [3.8, 4) is 5.88 Å². The van der Waals surface area contributed by atoms with Crippen molar-refractivity contribution in [1.29, 1.82) is 0 Å². The van der Waals surface area contributed by atoms with E-state index in [1.54, 1.807) is 18.3 Å². The van der Waals surface area contributed by atoms with Crippen molar-refractivity contribution in [1.82, 2.24) is 9.88 Å². The Morgan fingerprint density at radius 2 is 2.35 bits per heavy atom. The van der Waals surface area contributed by atoms with Gasteiger partial charge in [0.1, 0.15) is 6.10 Å². The van der Waals surface area contributed by atoms with Gasteiger partial charge < -0.3 is 14.4 Å². The van der Waals surface area contributed by atoms with Crippen LogP contribution in [-0.2, 0) is 4.74 Å². The molecule has 3 heterocycles. The highest BCUT2D eigenvalue weighted by Gasteiger charge is 2.30. The van der Waals surface area contributed by atoms with Crippen LogP contribution in [0.25, 0.3) is 0 Å². The second-order valence-corrected chi connectivity index (χ2v) is 6.91. The summed E-state index contributed by atoms with van der Waals surface area (Å²) in [6.07, 6.45) is 5.86. The normalized spacial score (nSPS) is 24.4. The van der Waals surface area contributed by atoms with Crippen LogP contribution in [0.5, 0.6) is 5.88 Å². The molecule has 1 amide bonds. The van der Waals surface area contributed by atoms with E-state index in [0.717, 1.165) is 38.8 Å². The zero-order valence-electron chi connectivity index (χ0n) is 14.0. The first-order valence-electron chi connectivity index (χ1n) is 8.65. The summed E-state index contributed by atoms with van der Waals surface area (Å²) >= 11 is 0. The van der Waals surface area contributed by atoms with Crippen LogP contribution >= 0.6 is 0 Å². The zero-order valence-corrected chi connectivity index (χ0v) is 14.0. The second-order valence-electron chi connectivity index (χ2n) is 6.91. The molecule has 2 fully saturated rings. The minimum absolute atomic E-state index is 0.0494. The largest absolute Gasteiger partial charge is 0.472 e. The molecule has 1 aromatic rings. The Bertz CT molecular complexity index is 541. The van der Waals surface area contributed by atoms with Gasteiger partial charge in [-0.15, -0.1) is 0 Å². The molecule has 2 atom stereocenters. The van der Waals surface area contributed by atoms with Gasteiger partial charge in [-0.3, -0.25) is 4.79 Å². The lowest BCUT2D eigenvalue weighted by Crippen LogP contribution is -2.36. The minimum atomic E-state index is 0.0494. The zero-order chi connectivity index (χ0) is 16.2. The van der Waals surface area contributed by atoms with E-state index in [-0.39, 0.29) is 12.0 Å². The van der Waals surface area contributed by atoms with E-state index in [1.165, 1.54) is 0 Å². The first-order chi connectivity index (χ1) is 11.1. The van der Waals surface area contributed by atoms with Crippen LogP contribution in [-0.4, -0.2) is 47.7 Å². The lowest BCUT2D eigenvalue weighted by atomic mass is 10.0. The molecule has 0 radical (unpaired) electrons. The van der Waals surface area contributed by atoms with Crippen LogP contribution in [0.3, 0.4) is 0 Å². The maximum absolute atomic E-state index is 12.8. The van der Waals surface area contributed by atoms with Crippen molar-refractivity contribution in [2.75, 3.05) is 19.8 Å². The Morgan fingerprint density at radius 1 is 1.48 bits per heavy atom. The van der Waals surface area contributed by atoms with Crippen molar-refractivity contribution in [2.24, 2.45) is 5.92 Å². The fourth-order valence-corrected chi connectivity index (χ4v) is 3.44. The van der Waals surface area contributed by atoms with Gasteiger partial charge >= 0.3 is 0 Å². The quantitative estimate of drug-likeness (QED) is 0.837. The van der Waals surface area contributed by atoms with E-state index in [9.17, 15) is 4.79 Å². The maximum Gasteiger partial charge on any atom is 0.254 e. The van der Waals surface area contributed by atoms with E-state index in [1.807, 2.05) is 4.90 Å². The second kappa shape index (κ2) is 7.30. The first kappa shape index (κ1) is 16.2. The molecule has 0 unspecified atom stereocenters. The van der Waals surface area contributed by atoms with E-state index in [4.69, 9.17) is 9.47 Å². The Kier molecular flexibility index (Phi) is 5.16. The third-order valence-electron chi connectivity index (χ3n) is 4.54. The number of likely N-dealkylation sites (tertiary alicyclic amines) is 1. The Balaban J connectivity index is 1.68. The molecule has 5 nitrogen and oxygen atoms in total. The first-order valence-corrected chi connectivity index (χ1v) is 8.65. The van der Waals surface area contributed by atoms with Crippen LogP contribution in [0.1, 0.15) is 49.9 Å². The highest BCUT2D eigenvalue weighted by molar-refractivity contribution is 5.94. The fourth-order valence-electron chi connectivity index (χ4n) is 3.44. The van der Waals surface area contributed by atoms with Crippen LogP contribution in [0, 0.1) is 5.92 Å². The van der Waals surface area contributed by atoms with Crippen molar-refractivity contribution in [2.45, 2.75) is 51.7 Å². The highest BCUT2D eigenvalue weighted by atomic mass is 16.5. The Morgan fingerprint density at radius 3 is 3.09 bits per heavy atom. The fraction of sp³-hybridized carbons (Fsp3) is 0.667. The smallest absolute Gasteiger partial charge is 0.254 e. The number of amides is 1. The number of hydrogen-bond acceptors (Lipinski definition) is 4. The molecule has 0 bridgehead atoms. The molecular weight excluding hydrogens is 292 g/mol. The van der Waals surface area contributed by atoms with Gasteiger partial charge in [0.05, 0.1) is 13.2 Å². The predicted octanol–water partition coefficient (Wildman–Crippen LogP) is 2.90. The molecule has 2 saturated heterocycles. The van der Waals surface area contributed by atoms with Crippen LogP contribution < -0.4 is 4.74 Å². The molecule has 1 aromatic heterocycles. The predicted molar refractivity (Wildman–Crippen MR) is 87.6 cm³/mol. The van der Waals surface area contributed by atoms with Crippen LogP contribution in [0.2, 0.25) is 0 Å². The highest BCUT2D eigenvalue weighted by Crippen LogP contribution is 2.26. The van der Waals surface area contributed by atoms with Gasteiger partial charge in [-0.25, -0.2) is 4.98 Å². The standard InChI is InChI=1S/C18H26N2O3/c1-13(2)10-15-4-3-8-20(15)18(21)14-5-7-19-17(11-14)23-16-6-9-22-12-16/h5,7,11,13,15-16H,3-4,6,8-10,12H2,1-2H3/t15-,16+/m0/s1. The third kappa shape index (κ3) is 4.02. The summed E-state index contributed by atoms with van der Waals surface area (Å²) in [4.78, 5) is 19.1. The summed E-state index contributed by atoms with van der Waals surface area (Å²) in [5, 5.41) is 0. The number of nitrogens with zero attached hydrogens (tertiary/aromatic N) is 2. The monoisotopic (exact) mass is 318 g/mol. The molecule has 0 N–H and O–H groups in total. The molecule has 0 spiro atoms. The van der Waals surface area contributed by atoms with E-state index >= 15 is 0 Å². The van der Waals surface area contributed by atoms with Gasteiger partial charge in [-0.2, -0.15) is 0 Å². The summed E-state index contributed by atoms with van der Waals surface area (Å²) in [7, 11) is 0. The summed E-state index contributed by atoms with van der Waals surface area (Å²) < 4.78 is 11.1. The average molecular weight is 318 g/mol. The van der Waals surface area contributed by atoms with Crippen LogP contribution in [0.4, 0.5) is 0 Å². The maximum atomic E-state index is 12.8. The van der Waals surface area contributed by atoms with E-state index < -0.39 is 0 Å². The average Bonchev–Trinajstić information content (AvgIpc) is 3.18. The minimum Gasteiger partial charge on any atom is -0.472 e. The molecular formula is C18H26N2O3. The van der Waals surface area contributed by atoms with Crippen LogP contribution in [0.15, 0.2) is 18.3 Å². The van der Waals surface area contributed by atoms with Crippen molar-refractivity contribution < 1.29 is 14.3 Å². The van der Waals surface area contributed by atoms with Gasteiger partial charge in [0.25, 0.3) is 5.91 Å². The van der Waals surface area contributed by atoms with Gasteiger partial charge in [0.2, 0.25) is 5.88 Å². The van der Waals surface area contributed by atoms with Crippen molar-refractivity contribution >= 4 is 5.91 Å². The van der Waals surface area contributed by atoms with Gasteiger partial charge in [-0.05, 0) is 31.2 Å². The molecule has 2 aliphatic heterocycles. The van der Waals surface area contributed by atoms with Gasteiger partial charge in [0, 0.05) is 36.8 Å². The molecule has 3 rings (SSSR count). The molecule has 5 heteroatoms. The summed E-state index contributed by atoms with van der Waals surface area (Å²) in [6, 6.07) is 3.92. The summed E-state index contributed by atoms with van der Waals surface area (Å²) in [5.74, 6) is 1.22. The molecule has 23 heavy (non-hydrogen) atoms. The number of carbonyl (C=O) groups excluding carboxylic acids is 1. The topological polar surface area (TPSA) is 51.7 Å². The number of pyridine rings is 1. The lowest BCUT2D eigenvalue weighted by molar-refractivity contribution is 0.0720. The Hall–Kier alpha value is -1.62. The van der Waals surface area contributed by atoms with Gasteiger partial charge in [-0.1, -0.05) is 13.8 Å². The number of carbonyl (C=O) groups is 1.